The third-order valence-electron chi connectivity index (χ3n) is 4.15. The second-order valence-corrected chi connectivity index (χ2v) is 6.72. The zero-order valence-electron chi connectivity index (χ0n) is 14.0. The van der Waals surface area contributed by atoms with Gasteiger partial charge in [0.1, 0.15) is 16.8 Å². The lowest BCUT2D eigenvalue weighted by Gasteiger charge is -2.20. The van der Waals surface area contributed by atoms with Crippen molar-refractivity contribution in [3.63, 3.8) is 0 Å². The van der Waals surface area contributed by atoms with Crippen molar-refractivity contribution in [2.24, 2.45) is 0 Å². The van der Waals surface area contributed by atoms with E-state index in [-0.39, 0.29) is 12.3 Å². The van der Waals surface area contributed by atoms with Crippen molar-refractivity contribution in [3.05, 3.63) is 35.3 Å². The number of aromatic nitrogens is 1. The van der Waals surface area contributed by atoms with Gasteiger partial charge in [0, 0.05) is 17.5 Å². The van der Waals surface area contributed by atoms with Crippen molar-refractivity contribution in [2.45, 2.75) is 32.2 Å². The summed E-state index contributed by atoms with van der Waals surface area (Å²) in [5.74, 6) is -0.292. The summed E-state index contributed by atoms with van der Waals surface area (Å²) in [6, 6.07) is 6.98. The number of benzene rings is 1. The molecule has 1 aliphatic rings. The Morgan fingerprint density at radius 1 is 1.36 bits per heavy atom. The number of hydrogen-bond donors (Lipinski definition) is 1. The largest absolute Gasteiger partial charge is 0.494 e. The Labute approximate surface area is 150 Å². The molecule has 7 heteroatoms. The van der Waals surface area contributed by atoms with Crippen molar-refractivity contribution in [1.82, 2.24) is 9.88 Å². The normalized spacial score (nSPS) is 16.8. The topological polar surface area (TPSA) is 79.7 Å². The number of aliphatic carboxylic acids is 1. The molecule has 1 amide bonds. The Balaban J connectivity index is 1.67. The lowest BCUT2D eigenvalue weighted by Crippen LogP contribution is -2.41. The van der Waals surface area contributed by atoms with Crippen molar-refractivity contribution in [3.8, 4) is 16.3 Å². The van der Waals surface area contributed by atoms with Crippen LogP contribution >= 0.6 is 11.3 Å². The lowest BCUT2D eigenvalue weighted by atomic mass is 10.2. The molecule has 1 atom stereocenters. The smallest absolute Gasteiger partial charge is 0.326 e. The fraction of sp³-hybridized carbons (Fsp3) is 0.389. The molecule has 1 aromatic carbocycles. The maximum absolute atomic E-state index is 12.4. The molecule has 1 fully saturated rings. The third-order valence-corrected chi connectivity index (χ3v) is 5.09. The van der Waals surface area contributed by atoms with E-state index in [1.165, 1.54) is 16.2 Å². The van der Waals surface area contributed by atoms with E-state index < -0.39 is 12.0 Å². The van der Waals surface area contributed by atoms with Gasteiger partial charge < -0.3 is 14.7 Å². The van der Waals surface area contributed by atoms with Crippen molar-refractivity contribution in [2.75, 3.05) is 13.2 Å². The van der Waals surface area contributed by atoms with E-state index in [0.29, 0.717) is 25.3 Å². The van der Waals surface area contributed by atoms with E-state index in [1.807, 2.05) is 36.6 Å². The molecule has 0 aliphatic carbocycles. The van der Waals surface area contributed by atoms with Crippen LogP contribution in [0.15, 0.2) is 29.6 Å². The number of carbonyl (C=O) groups excluding carboxylic acids is 1. The van der Waals surface area contributed by atoms with Crippen LogP contribution in [0.5, 0.6) is 5.75 Å². The Morgan fingerprint density at radius 2 is 2.12 bits per heavy atom. The molecule has 1 aromatic heterocycles. The van der Waals surface area contributed by atoms with Gasteiger partial charge in [0.05, 0.1) is 18.7 Å². The highest BCUT2D eigenvalue weighted by atomic mass is 32.1. The first-order chi connectivity index (χ1) is 12.1. The quantitative estimate of drug-likeness (QED) is 0.857. The molecule has 0 spiro atoms. The summed E-state index contributed by atoms with van der Waals surface area (Å²) >= 11 is 1.47. The van der Waals surface area contributed by atoms with Gasteiger partial charge in [0.2, 0.25) is 5.91 Å². The summed E-state index contributed by atoms with van der Waals surface area (Å²) in [6.07, 6.45) is 1.39. The average molecular weight is 360 g/mol. The van der Waals surface area contributed by atoms with Gasteiger partial charge >= 0.3 is 5.97 Å². The van der Waals surface area contributed by atoms with Gasteiger partial charge in [-0.1, -0.05) is 0 Å². The van der Waals surface area contributed by atoms with Gasteiger partial charge in [-0.25, -0.2) is 9.78 Å². The molecule has 1 N–H and O–H groups in total. The molecule has 25 heavy (non-hydrogen) atoms. The van der Waals surface area contributed by atoms with Gasteiger partial charge in [-0.05, 0) is 44.0 Å². The minimum atomic E-state index is -0.931. The Hall–Kier alpha value is -2.41. The zero-order valence-corrected chi connectivity index (χ0v) is 14.8. The van der Waals surface area contributed by atoms with E-state index in [0.717, 1.165) is 22.7 Å². The number of ether oxygens (including phenoxy) is 1. The van der Waals surface area contributed by atoms with Crippen LogP contribution in [0.25, 0.3) is 10.6 Å². The van der Waals surface area contributed by atoms with Crippen LogP contribution in [0.4, 0.5) is 0 Å². The predicted octanol–water partition coefficient (Wildman–Crippen LogP) is 2.83. The number of nitrogens with zero attached hydrogens (tertiary/aromatic N) is 2. The Kier molecular flexibility index (Phi) is 5.33. The molecule has 1 aliphatic heterocycles. The summed E-state index contributed by atoms with van der Waals surface area (Å²) in [6.45, 7) is 3.07. The van der Waals surface area contributed by atoms with Crippen LogP contribution in [-0.2, 0) is 16.0 Å². The fourth-order valence-electron chi connectivity index (χ4n) is 2.96. The Bertz CT molecular complexity index is 757. The number of thiazole rings is 1. The number of likely N-dealkylation sites (tertiary alicyclic amines) is 1. The number of carbonyl (C=O) groups is 2. The summed E-state index contributed by atoms with van der Waals surface area (Å²) in [5.41, 5.74) is 1.65. The number of carboxylic acids is 1. The second kappa shape index (κ2) is 7.65. The second-order valence-electron chi connectivity index (χ2n) is 5.86. The third kappa shape index (κ3) is 3.99. The average Bonchev–Trinajstić information content (AvgIpc) is 3.25. The molecular formula is C18H20N2O4S. The first kappa shape index (κ1) is 17.4. The first-order valence-electron chi connectivity index (χ1n) is 8.28. The molecule has 1 unspecified atom stereocenters. The van der Waals surface area contributed by atoms with Crippen LogP contribution in [0.1, 0.15) is 25.5 Å². The molecule has 6 nitrogen and oxygen atoms in total. The molecule has 132 valence electrons. The molecule has 0 saturated carbocycles. The predicted molar refractivity (Wildman–Crippen MR) is 94.8 cm³/mol. The summed E-state index contributed by atoms with van der Waals surface area (Å²) in [4.78, 5) is 29.6. The maximum Gasteiger partial charge on any atom is 0.326 e. The van der Waals surface area contributed by atoms with Crippen molar-refractivity contribution < 1.29 is 19.4 Å². The van der Waals surface area contributed by atoms with Gasteiger partial charge in [0.15, 0.2) is 0 Å². The van der Waals surface area contributed by atoms with Crippen LogP contribution in [0, 0.1) is 0 Å². The highest BCUT2D eigenvalue weighted by molar-refractivity contribution is 7.13. The molecule has 1 saturated heterocycles. The van der Waals surface area contributed by atoms with Crippen molar-refractivity contribution in [1.29, 1.82) is 0 Å². The molecule has 0 radical (unpaired) electrons. The minimum Gasteiger partial charge on any atom is -0.494 e. The SMILES string of the molecule is CCOc1ccc(-c2nc(CC(=O)N3CCCC3C(=O)O)cs2)cc1. The summed E-state index contributed by atoms with van der Waals surface area (Å²) in [5, 5.41) is 11.9. The van der Waals surface area contributed by atoms with Gasteiger partial charge in [-0.3, -0.25) is 4.79 Å². The van der Waals surface area contributed by atoms with E-state index in [1.54, 1.807) is 0 Å². The minimum absolute atomic E-state index is 0.136. The molecular weight excluding hydrogens is 340 g/mol. The number of rotatable bonds is 6. The monoisotopic (exact) mass is 360 g/mol. The van der Waals surface area contributed by atoms with Gasteiger partial charge in [-0.15, -0.1) is 11.3 Å². The lowest BCUT2D eigenvalue weighted by molar-refractivity contribution is -0.148. The van der Waals surface area contributed by atoms with E-state index in [4.69, 9.17) is 4.74 Å². The highest BCUT2D eigenvalue weighted by Crippen LogP contribution is 2.26. The molecule has 0 bridgehead atoms. The number of amides is 1. The Morgan fingerprint density at radius 3 is 2.80 bits per heavy atom. The summed E-state index contributed by atoms with van der Waals surface area (Å²) in [7, 11) is 0. The van der Waals surface area contributed by atoms with Crippen LogP contribution < -0.4 is 4.74 Å². The number of hydrogen-bond acceptors (Lipinski definition) is 5. The van der Waals surface area contributed by atoms with Crippen molar-refractivity contribution >= 4 is 23.2 Å². The van der Waals surface area contributed by atoms with Gasteiger partial charge in [0.25, 0.3) is 0 Å². The molecule has 2 heterocycles. The van der Waals surface area contributed by atoms with Crippen LogP contribution in [-0.4, -0.2) is 46.1 Å². The van der Waals surface area contributed by atoms with Crippen LogP contribution in [0.2, 0.25) is 0 Å². The number of carboxylic acid groups (broad SMARTS) is 1. The molecule has 3 rings (SSSR count). The molecule has 2 aromatic rings. The first-order valence-corrected chi connectivity index (χ1v) is 9.16. The van der Waals surface area contributed by atoms with E-state index in [9.17, 15) is 14.7 Å². The van der Waals surface area contributed by atoms with E-state index in [2.05, 4.69) is 4.98 Å². The highest BCUT2D eigenvalue weighted by Gasteiger charge is 2.33. The maximum atomic E-state index is 12.4. The zero-order chi connectivity index (χ0) is 17.8. The van der Waals surface area contributed by atoms with Crippen LogP contribution in [0.3, 0.4) is 0 Å². The van der Waals surface area contributed by atoms with Gasteiger partial charge in [-0.2, -0.15) is 0 Å². The standard InChI is InChI=1S/C18H20N2O4S/c1-2-24-14-7-5-12(6-8-14)17-19-13(11-25-17)10-16(21)20-9-3-4-15(20)18(22)23/h5-8,11,15H,2-4,9-10H2,1H3,(H,22,23). The summed E-state index contributed by atoms with van der Waals surface area (Å²) < 4.78 is 5.43. The fourth-order valence-corrected chi connectivity index (χ4v) is 3.79. The van der Waals surface area contributed by atoms with E-state index >= 15 is 0 Å².